The Kier molecular flexibility index (Phi) is 6.07. The van der Waals surface area contributed by atoms with Gasteiger partial charge in [0, 0.05) is 19.5 Å². The Bertz CT molecular complexity index is 192. The van der Waals surface area contributed by atoms with Gasteiger partial charge in [0.05, 0.1) is 6.04 Å². The minimum Gasteiger partial charge on any atom is -0.368 e. The standard InChI is InChI=1S/C8H15N3O/c1-2-3-4-5-11-6-7(9)8(10)12/h7,11H,4-6,9H2,1H3,(H2,10,12). The Balaban J connectivity index is 3.29. The van der Waals surface area contributed by atoms with Crippen molar-refractivity contribution in [1.29, 1.82) is 0 Å². The van der Waals surface area contributed by atoms with Gasteiger partial charge < -0.3 is 16.8 Å². The molecule has 0 bridgehead atoms. The molecule has 0 radical (unpaired) electrons. The van der Waals surface area contributed by atoms with Gasteiger partial charge in [0.25, 0.3) is 0 Å². The molecular weight excluding hydrogens is 154 g/mol. The second-order valence-corrected chi connectivity index (χ2v) is 2.39. The summed E-state index contributed by atoms with van der Waals surface area (Å²) in [5.41, 5.74) is 10.3. The van der Waals surface area contributed by atoms with Crippen LogP contribution >= 0.6 is 0 Å². The Morgan fingerprint density at radius 1 is 1.67 bits per heavy atom. The molecule has 1 atom stereocenters. The third kappa shape index (κ3) is 5.71. The van der Waals surface area contributed by atoms with E-state index >= 15 is 0 Å². The summed E-state index contributed by atoms with van der Waals surface area (Å²) in [6.45, 7) is 2.94. The molecule has 0 aliphatic heterocycles. The second-order valence-electron chi connectivity index (χ2n) is 2.39. The highest BCUT2D eigenvalue weighted by Gasteiger charge is 2.06. The summed E-state index contributed by atoms with van der Waals surface area (Å²) in [5, 5.41) is 2.97. The lowest BCUT2D eigenvalue weighted by atomic mass is 10.3. The largest absolute Gasteiger partial charge is 0.368 e. The Labute approximate surface area is 72.7 Å². The van der Waals surface area contributed by atoms with Crippen molar-refractivity contribution in [2.75, 3.05) is 13.1 Å². The number of hydrogen-bond acceptors (Lipinski definition) is 3. The smallest absolute Gasteiger partial charge is 0.235 e. The first-order valence-electron chi connectivity index (χ1n) is 3.83. The Morgan fingerprint density at radius 2 is 2.33 bits per heavy atom. The van der Waals surface area contributed by atoms with Crippen LogP contribution < -0.4 is 16.8 Å². The molecule has 4 heteroatoms. The van der Waals surface area contributed by atoms with E-state index in [1.54, 1.807) is 6.92 Å². The number of nitrogens with one attached hydrogen (secondary N) is 1. The van der Waals surface area contributed by atoms with Gasteiger partial charge in [0.2, 0.25) is 5.91 Å². The van der Waals surface area contributed by atoms with Crippen molar-refractivity contribution in [1.82, 2.24) is 5.32 Å². The van der Waals surface area contributed by atoms with E-state index in [0.717, 1.165) is 13.0 Å². The molecule has 0 spiro atoms. The highest BCUT2D eigenvalue weighted by atomic mass is 16.1. The van der Waals surface area contributed by atoms with Crippen molar-refractivity contribution in [2.45, 2.75) is 19.4 Å². The summed E-state index contributed by atoms with van der Waals surface area (Å²) in [6.07, 6.45) is 0.766. The topological polar surface area (TPSA) is 81.1 Å². The number of carbonyl (C=O) groups excluding carboxylic acids is 1. The van der Waals surface area contributed by atoms with Gasteiger partial charge in [-0.25, -0.2) is 0 Å². The third-order valence-electron chi connectivity index (χ3n) is 1.33. The van der Waals surface area contributed by atoms with E-state index < -0.39 is 11.9 Å². The fraction of sp³-hybridized carbons (Fsp3) is 0.625. The van der Waals surface area contributed by atoms with Gasteiger partial charge >= 0.3 is 0 Å². The number of rotatable bonds is 5. The molecule has 0 aromatic carbocycles. The number of primary amides is 1. The number of amides is 1. The van der Waals surface area contributed by atoms with E-state index in [4.69, 9.17) is 11.5 Å². The molecule has 0 rings (SSSR count). The molecule has 0 aromatic heterocycles. The molecule has 0 heterocycles. The van der Waals surface area contributed by atoms with Gasteiger partial charge in [-0.3, -0.25) is 4.79 Å². The summed E-state index contributed by atoms with van der Waals surface area (Å²) in [5.74, 6) is 5.17. The summed E-state index contributed by atoms with van der Waals surface area (Å²) < 4.78 is 0. The zero-order valence-electron chi connectivity index (χ0n) is 7.26. The lowest BCUT2D eigenvalue weighted by Crippen LogP contribution is -2.44. The maximum Gasteiger partial charge on any atom is 0.235 e. The average Bonchev–Trinajstić information content (AvgIpc) is 2.03. The summed E-state index contributed by atoms with van der Waals surface area (Å²) in [4.78, 5) is 10.4. The van der Waals surface area contributed by atoms with E-state index in [2.05, 4.69) is 17.2 Å². The van der Waals surface area contributed by atoms with Crippen LogP contribution in [-0.2, 0) is 4.79 Å². The van der Waals surface area contributed by atoms with Crippen LogP contribution in [0.25, 0.3) is 0 Å². The quantitative estimate of drug-likeness (QED) is 0.357. The van der Waals surface area contributed by atoms with Crippen LogP contribution in [0.5, 0.6) is 0 Å². The van der Waals surface area contributed by atoms with Crippen molar-refractivity contribution in [3.63, 3.8) is 0 Å². The maximum atomic E-state index is 10.4. The van der Waals surface area contributed by atoms with Crippen LogP contribution in [0.3, 0.4) is 0 Å². The normalized spacial score (nSPS) is 11.5. The monoisotopic (exact) mass is 169 g/mol. The molecule has 0 aliphatic rings. The highest BCUT2D eigenvalue weighted by Crippen LogP contribution is 1.75. The van der Waals surface area contributed by atoms with E-state index in [-0.39, 0.29) is 0 Å². The van der Waals surface area contributed by atoms with E-state index in [1.807, 2.05) is 0 Å². The minimum atomic E-state index is -0.598. The number of carbonyl (C=O) groups is 1. The van der Waals surface area contributed by atoms with E-state index in [1.165, 1.54) is 0 Å². The zero-order chi connectivity index (χ0) is 9.40. The van der Waals surface area contributed by atoms with E-state index in [9.17, 15) is 4.79 Å². The molecule has 1 unspecified atom stereocenters. The number of hydrogen-bond donors (Lipinski definition) is 3. The van der Waals surface area contributed by atoms with Gasteiger partial charge in [0.15, 0.2) is 0 Å². The van der Waals surface area contributed by atoms with Crippen LogP contribution in [-0.4, -0.2) is 25.0 Å². The molecule has 68 valence electrons. The van der Waals surface area contributed by atoms with Gasteiger partial charge in [-0.05, 0) is 6.92 Å². The van der Waals surface area contributed by atoms with Crippen LogP contribution in [0.4, 0.5) is 0 Å². The summed E-state index contributed by atoms with van der Waals surface area (Å²) in [6, 6.07) is -0.598. The van der Waals surface area contributed by atoms with Gasteiger partial charge in [-0.2, -0.15) is 0 Å². The van der Waals surface area contributed by atoms with Crippen molar-refractivity contribution in [3.8, 4) is 11.8 Å². The molecule has 0 saturated carbocycles. The van der Waals surface area contributed by atoms with Crippen LogP contribution in [0, 0.1) is 11.8 Å². The maximum absolute atomic E-state index is 10.4. The third-order valence-corrected chi connectivity index (χ3v) is 1.33. The van der Waals surface area contributed by atoms with Gasteiger partial charge in [0.1, 0.15) is 0 Å². The van der Waals surface area contributed by atoms with Crippen LogP contribution in [0.1, 0.15) is 13.3 Å². The molecule has 4 nitrogen and oxygen atoms in total. The van der Waals surface area contributed by atoms with Crippen molar-refractivity contribution < 1.29 is 4.79 Å². The minimum absolute atomic E-state index is 0.417. The molecule has 0 aromatic rings. The number of nitrogens with two attached hydrogens (primary N) is 2. The first kappa shape index (κ1) is 11.0. The van der Waals surface area contributed by atoms with E-state index in [0.29, 0.717) is 6.54 Å². The first-order chi connectivity index (χ1) is 5.68. The summed E-state index contributed by atoms with van der Waals surface area (Å²) in [7, 11) is 0. The van der Waals surface area contributed by atoms with Gasteiger partial charge in [-0.1, -0.05) is 0 Å². The average molecular weight is 169 g/mol. The second kappa shape index (κ2) is 6.65. The molecule has 5 N–H and O–H groups in total. The van der Waals surface area contributed by atoms with Crippen LogP contribution in [0.2, 0.25) is 0 Å². The predicted molar refractivity (Wildman–Crippen MR) is 48.1 cm³/mol. The van der Waals surface area contributed by atoms with Gasteiger partial charge in [-0.15, -0.1) is 11.8 Å². The molecule has 0 fully saturated rings. The lowest BCUT2D eigenvalue weighted by molar-refractivity contribution is -0.119. The zero-order valence-corrected chi connectivity index (χ0v) is 7.26. The molecule has 0 aliphatic carbocycles. The highest BCUT2D eigenvalue weighted by molar-refractivity contribution is 5.79. The Morgan fingerprint density at radius 3 is 2.83 bits per heavy atom. The first-order valence-corrected chi connectivity index (χ1v) is 3.83. The molecule has 1 amide bonds. The Hall–Kier alpha value is -1.05. The van der Waals surface area contributed by atoms with Crippen molar-refractivity contribution in [2.24, 2.45) is 11.5 Å². The molecule has 12 heavy (non-hydrogen) atoms. The fourth-order valence-corrected chi connectivity index (χ4v) is 0.634. The van der Waals surface area contributed by atoms with Crippen LogP contribution in [0.15, 0.2) is 0 Å². The molecular formula is C8H15N3O. The van der Waals surface area contributed by atoms with Crippen molar-refractivity contribution >= 4 is 5.91 Å². The predicted octanol–water partition coefficient (Wildman–Crippen LogP) is -1.20. The molecule has 0 saturated heterocycles. The fourth-order valence-electron chi connectivity index (χ4n) is 0.634. The SMILES string of the molecule is CC#CCCNCC(N)C(N)=O. The lowest BCUT2D eigenvalue weighted by Gasteiger charge is -2.06. The summed E-state index contributed by atoms with van der Waals surface area (Å²) >= 11 is 0. The van der Waals surface area contributed by atoms with Crippen molar-refractivity contribution in [3.05, 3.63) is 0 Å².